The van der Waals surface area contributed by atoms with Crippen molar-refractivity contribution in [2.75, 3.05) is 13.6 Å². The minimum atomic E-state index is -0.450. The molecule has 0 spiro atoms. The summed E-state index contributed by atoms with van der Waals surface area (Å²) in [7, 11) is 1.68. The van der Waals surface area contributed by atoms with Gasteiger partial charge in [-0.2, -0.15) is 0 Å². The minimum Gasteiger partial charge on any atom is -0.490 e. The number of hydrogen-bond acceptors (Lipinski definition) is 5. The molecular weight excluding hydrogens is 597 g/mol. The molecule has 9 heteroatoms. The first kappa shape index (κ1) is 45.7. The molecule has 3 unspecified atom stereocenters. The van der Waals surface area contributed by atoms with Crippen LogP contribution in [0.2, 0.25) is 0 Å². The van der Waals surface area contributed by atoms with E-state index in [1.54, 1.807) is 19.2 Å². The first-order chi connectivity index (χ1) is 22.2. The maximum Gasteiger partial charge on any atom is 0.222 e. The van der Waals surface area contributed by atoms with Crippen molar-refractivity contribution in [2.45, 2.75) is 125 Å². The van der Waals surface area contributed by atoms with Crippen molar-refractivity contribution in [3.05, 3.63) is 65.0 Å². The van der Waals surface area contributed by atoms with E-state index in [4.69, 9.17) is 14.6 Å². The highest BCUT2D eigenvalue weighted by atomic mass is 19.1. The zero-order chi connectivity index (χ0) is 36.3. The van der Waals surface area contributed by atoms with E-state index in [2.05, 4.69) is 62.3 Å². The average molecular weight is 662 g/mol. The van der Waals surface area contributed by atoms with Crippen LogP contribution in [0.3, 0.4) is 0 Å². The molecule has 0 aliphatic carbocycles. The van der Waals surface area contributed by atoms with Gasteiger partial charge < -0.3 is 26.2 Å². The number of fused-ring (bicyclic) bond motifs is 1. The Kier molecular flexibility index (Phi) is 26.8. The standard InChI is InChI=1S/C16H23NO2.C8H17NO.C7H7F.C6H14O.CH3NO/c1-2-5-15-10-9-14-7-3-6-13(16(14)19-15)8-4-11-17-12-18;1-5-6(2)7(3)8(10)9-4;1-6-2-4-7(8)5-3-6;1-4-5-6(2,3)7;2-1-3/h3,6-7,12,15H,2,4-5,8-11H2,1H3,(H,17,18);6-7H,5H2,1-4H3,(H,9,10);2-5H,1H3;7H,4-5H2,1-3H3;1H,(H2,2,3). The second-order valence-electron chi connectivity index (χ2n) is 12.4. The van der Waals surface area contributed by atoms with Crippen molar-refractivity contribution < 1.29 is 28.6 Å². The van der Waals surface area contributed by atoms with Gasteiger partial charge in [0.25, 0.3) is 0 Å². The molecule has 8 nitrogen and oxygen atoms in total. The van der Waals surface area contributed by atoms with E-state index >= 15 is 0 Å². The third-order valence-corrected chi connectivity index (χ3v) is 7.69. The third kappa shape index (κ3) is 23.5. The van der Waals surface area contributed by atoms with Crippen LogP contribution in [0.25, 0.3) is 0 Å². The number of nitrogens with one attached hydrogen (secondary N) is 2. The van der Waals surface area contributed by atoms with Crippen molar-refractivity contribution in [1.82, 2.24) is 10.6 Å². The Labute approximate surface area is 284 Å². The Morgan fingerprint density at radius 1 is 1.11 bits per heavy atom. The van der Waals surface area contributed by atoms with E-state index in [1.165, 1.54) is 29.7 Å². The number of hydrogen-bond donors (Lipinski definition) is 4. The summed E-state index contributed by atoms with van der Waals surface area (Å²) in [6.07, 6.45) is 10.9. The van der Waals surface area contributed by atoms with Crippen molar-refractivity contribution in [3.8, 4) is 5.75 Å². The summed E-state index contributed by atoms with van der Waals surface area (Å²) in [5.41, 5.74) is 7.43. The second kappa shape index (κ2) is 27.6. The van der Waals surface area contributed by atoms with Gasteiger partial charge in [-0.25, -0.2) is 4.39 Å². The second-order valence-corrected chi connectivity index (χ2v) is 12.4. The fourth-order valence-corrected chi connectivity index (χ4v) is 4.67. The molecule has 1 heterocycles. The van der Waals surface area contributed by atoms with Crippen LogP contribution in [0.1, 0.15) is 110 Å². The summed E-state index contributed by atoms with van der Waals surface area (Å²) in [6, 6.07) is 12.8. The van der Waals surface area contributed by atoms with E-state index in [0.717, 1.165) is 75.6 Å². The van der Waals surface area contributed by atoms with E-state index in [0.29, 0.717) is 12.0 Å². The number of rotatable bonds is 12. The van der Waals surface area contributed by atoms with Crippen LogP contribution in [0.4, 0.5) is 4.39 Å². The lowest BCUT2D eigenvalue weighted by atomic mass is 9.93. The van der Waals surface area contributed by atoms with Gasteiger partial charge in [-0.05, 0) is 88.5 Å². The molecule has 0 saturated heterocycles. The molecule has 2 aromatic rings. The molecule has 268 valence electrons. The molecular formula is C38H64FN3O5. The van der Waals surface area contributed by atoms with E-state index < -0.39 is 5.60 Å². The number of aliphatic hydroxyl groups is 1. The van der Waals surface area contributed by atoms with Crippen LogP contribution in [0.5, 0.6) is 5.75 Å². The zero-order valence-corrected chi connectivity index (χ0v) is 30.5. The van der Waals surface area contributed by atoms with Crippen molar-refractivity contribution in [3.63, 3.8) is 0 Å². The molecule has 3 atom stereocenters. The predicted molar refractivity (Wildman–Crippen MR) is 192 cm³/mol. The molecule has 1 aliphatic heterocycles. The summed E-state index contributed by atoms with van der Waals surface area (Å²) < 4.78 is 18.3. The molecule has 47 heavy (non-hydrogen) atoms. The summed E-state index contributed by atoms with van der Waals surface area (Å²) in [5.74, 6) is 1.72. The molecule has 3 rings (SSSR count). The SMILES string of the molecule is CCC(C)C(C)C(=O)NC.CCCC(C)(C)O.CCCC1CCc2cccc(CCCNC=O)c2O1.Cc1ccc(F)cc1.NC=O. The van der Waals surface area contributed by atoms with Crippen LogP contribution in [-0.2, 0) is 27.2 Å². The van der Waals surface area contributed by atoms with Gasteiger partial charge in [-0.15, -0.1) is 0 Å². The molecule has 3 amide bonds. The van der Waals surface area contributed by atoms with Crippen LogP contribution >= 0.6 is 0 Å². The number of benzene rings is 2. The van der Waals surface area contributed by atoms with Crippen molar-refractivity contribution >= 4 is 18.7 Å². The summed E-state index contributed by atoms with van der Waals surface area (Å²) >= 11 is 0. The molecule has 1 aliphatic rings. The predicted octanol–water partition coefficient (Wildman–Crippen LogP) is 7.07. The van der Waals surface area contributed by atoms with Gasteiger partial charge in [-0.3, -0.25) is 14.4 Å². The quantitative estimate of drug-likeness (QED) is 0.143. The zero-order valence-electron chi connectivity index (χ0n) is 30.5. The maximum absolute atomic E-state index is 12.1. The highest BCUT2D eigenvalue weighted by Gasteiger charge is 2.21. The number of para-hydroxylation sites is 1. The fraction of sp³-hybridized carbons (Fsp3) is 0.605. The third-order valence-electron chi connectivity index (χ3n) is 7.69. The lowest BCUT2D eigenvalue weighted by Gasteiger charge is -2.28. The monoisotopic (exact) mass is 661 g/mol. The smallest absolute Gasteiger partial charge is 0.222 e. The number of amides is 3. The van der Waals surface area contributed by atoms with Crippen molar-refractivity contribution in [2.24, 2.45) is 17.6 Å². The van der Waals surface area contributed by atoms with Gasteiger partial charge in [0.1, 0.15) is 11.6 Å². The van der Waals surface area contributed by atoms with Crippen LogP contribution in [0.15, 0.2) is 42.5 Å². The molecule has 5 N–H and O–H groups in total. The topological polar surface area (TPSA) is 131 Å². The number of halogens is 1. The number of carbonyl (C=O) groups is 3. The molecule has 0 bridgehead atoms. The van der Waals surface area contributed by atoms with Gasteiger partial charge in [-0.1, -0.05) is 89.8 Å². The Morgan fingerprint density at radius 3 is 2.17 bits per heavy atom. The van der Waals surface area contributed by atoms with E-state index in [1.807, 2.05) is 27.7 Å². The van der Waals surface area contributed by atoms with Crippen LogP contribution in [0, 0.1) is 24.6 Å². The lowest BCUT2D eigenvalue weighted by molar-refractivity contribution is -0.125. The van der Waals surface area contributed by atoms with Gasteiger partial charge in [0.05, 0.1) is 11.7 Å². The van der Waals surface area contributed by atoms with Gasteiger partial charge in [0.15, 0.2) is 0 Å². The summed E-state index contributed by atoms with van der Waals surface area (Å²) in [4.78, 5) is 29.8. The normalized spacial score (nSPS) is 14.1. The Morgan fingerprint density at radius 2 is 1.72 bits per heavy atom. The van der Waals surface area contributed by atoms with Gasteiger partial charge in [0, 0.05) is 19.5 Å². The van der Waals surface area contributed by atoms with Crippen LogP contribution in [-0.4, -0.2) is 49.1 Å². The molecule has 0 saturated carbocycles. The molecule has 0 aromatic heterocycles. The number of primary amides is 1. The number of carbonyl (C=O) groups excluding carboxylic acids is 3. The van der Waals surface area contributed by atoms with Crippen molar-refractivity contribution in [1.29, 1.82) is 0 Å². The first-order valence-corrected chi connectivity index (χ1v) is 17.0. The molecule has 0 fully saturated rings. The number of aryl methyl sites for hydroxylation is 3. The first-order valence-electron chi connectivity index (χ1n) is 17.0. The Bertz CT molecular complexity index is 1070. The van der Waals surface area contributed by atoms with Gasteiger partial charge >= 0.3 is 0 Å². The number of nitrogens with two attached hydrogens (primary N) is 1. The largest absolute Gasteiger partial charge is 0.490 e. The Balaban J connectivity index is 0. The van der Waals surface area contributed by atoms with Crippen LogP contribution < -0.4 is 21.1 Å². The average Bonchev–Trinajstić information content (AvgIpc) is 3.04. The minimum absolute atomic E-state index is 0.148. The highest BCUT2D eigenvalue weighted by molar-refractivity contribution is 5.78. The summed E-state index contributed by atoms with van der Waals surface area (Å²) in [6.45, 7) is 16.8. The van der Waals surface area contributed by atoms with E-state index in [9.17, 15) is 14.0 Å². The highest BCUT2D eigenvalue weighted by Crippen LogP contribution is 2.33. The fourth-order valence-electron chi connectivity index (χ4n) is 4.67. The molecule has 0 radical (unpaired) electrons. The van der Waals surface area contributed by atoms with E-state index in [-0.39, 0.29) is 24.1 Å². The maximum atomic E-state index is 12.1. The summed E-state index contributed by atoms with van der Waals surface area (Å²) in [5, 5.41) is 14.4. The molecule has 2 aromatic carbocycles. The van der Waals surface area contributed by atoms with Gasteiger partial charge in [0.2, 0.25) is 18.7 Å². The number of ether oxygens (including phenoxy) is 1. The lowest BCUT2D eigenvalue weighted by Crippen LogP contribution is -2.29. The Hall–Kier alpha value is -3.46.